The highest BCUT2D eigenvalue weighted by Crippen LogP contribution is 2.27. The molecule has 0 aliphatic carbocycles. The van der Waals surface area contributed by atoms with E-state index in [1.165, 1.54) is 0 Å². The third-order valence-corrected chi connectivity index (χ3v) is 4.30. The maximum absolute atomic E-state index is 9.54. The lowest BCUT2D eigenvalue weighted by atomic mass is 9.82. The molecule has 0 aromatic carbocycles. The minimum Gasteiger partial charge on any atom is -0.396 e. The molecule has 1 heterocycles. The van der Waals surface area contributed by atoms with Gasteiger partial charge in [-0.05, 0) is 39.5 Å². The van der Waals surface area contributed by atoms with E-state index in [9.17, 15) is 5.11 Å². The molecule has 0 radical (unpaired) electrons. The van der Waals surface area contributed by atoms with Crippen molar-refractivity contribution in [3.8, 4) is 0 Å². The van der Waals surface area contributed by atoms with Crippen LogP contribution in [0.3, 0.4) is 0 Å². The zero-order valence-corrected chi connectivity index (χ0v) is 11.9. The van der Waals surface area contributed by atoms with Gasteiger partial charge in [-0.15, -0.1) is 0 Å². The molecule has 0 aromatic rings. The lowest BCUT2D eigenvalue weighted by Crippen LogP contribution is -2.47. The number of hydrogen-bond donors (Lipinski definition) is 2. The quantitative estimate of drug-likeness (QED) is 0.752. The van der Waals surface area contributed by atoms with E-state index in [2.05, 4.69) is 33.0 Å². The van der Waals surface area contributed by atoms with Crippen molar-refractivity contribution < 1.29 is 9.84 Å². The maximum atomic E-state index is 9.54. The van der Waals surface area contributed by atoms with E-state index in [1.807, 2.05) is 0 Å². The van der Waals surface area contributed by atoms with Crippen LogP contribution in [0.2, 0.25) is 0 Å². The zero-order chi connectivity index (χ0) is 12.9. The van der Waals surface area contributed by atoms with Gasteiger partial charge >= 0.3 is 0 Å². The summed E-state index contributed by atoms with van der Waals surface area (Å²) in [7, 11) is 0. The van der Waals surface area contributed by atoms with Crippen molar-refractivity contribution in [1.29, 1.82) is 0 Å². The van der Waals surface area contributed by atoms with E-state index in [0.29, 0.717) is 6.04 Å². The van der Waals surface area contributed by atoms with Crippen molar-refractivity contribution in [3.63, 3.8) is 0 Å². The highest BCUT2D eigenvalue weighted by Gasteiger charge is 2.31. The first-order valence-corrected chi connectivity index (χ1v) is 6.95. The Bertz CT molecular complexity index is 216. The summed E-state index contributed by atoms with van der Waals surface area (Å²) < 4.78 is 5.72. The fourth-order valence-electron chi connectivity index (χ4n) is 2.55. The largest absolute Gasteiger partial charge is 0.396 e. The Balaban J connectivity index is 2.44. The Kier molecular flexibility index (Phi) is 5.42. The minimum absolute atomic E-state index is 0.00375. The minimum atomic E-state index is -0.00375. The molecule has 0 amide bonds. The van der Waals surface area contributed by atoms with Crippen LogP contribution in [-0.4, -0.2) is 36.5 Å². The monoisotopic (exact) mass is 243 g/mol. The summed E-state index contributed by atoms with van der Waals surface area (Å²) in [6.45, 7) is 10.7. The van der Waals surface area contributed by atoms with Gasteiger partial charge in [-0.25, -0.2) is 0 Å². The number of aliphatic hydroxyl groups excluding tert-OH is 1. The molecule has 1 rings (SSSR count). The second-order valence-corrected chi connectivity index (χ2v) is 6.04. The summed E-state index contributed by atoms with van der Waals surface area (Å²) in [4.78, 5) is 0. The third-order valence-electron chi connectivity index (χ3n) is 4.30. The number of nitrogens with one attached hydrogen (secondary N) is 1. The van der Waals surface area contributed by atoms with Gasteiger partial charge in [-0.1, -0.05) is 13.8 Å². The van der Waals surface area contributed by atoms with E-state index in [0.717, 1.165) is 38.8 Å². The van der Waals surface area contributed by atoms with Crippen molar-refractivity contribution in [1.82, 2.24) is 5.32 Å². The summed E-state index contributed by atoms with van der Waals surface area (Å²) >= 11 is 0. The predicted octanol–water partition coefficient (Wildman–Crippen LogP) is 2.33. The number of aliphatic hydroxyl groups is 1. The van der Waals surface area contributed by atoms with Crippen LogP contribution in [0, 0.1) is 5.41 Å². The van der Waals surface area contributed by atoms with Gasteiger partial charge < -0.3 is 15.2 Å². The van der Waals surface area contributed by atoms with Crippen LogP contribution in [0.5, 0.6) is 0 Å². The van der Waals surface area contributed by atoms with Gasteiger partial charge in [0.15, 0.2) is 0 Å². The van der Waals surface area contributed by atoms with Crippen LogP contribution < -0.4 is 5.32 Å². The van der Waals surface area contributed by atoms with E-state index in [-0.39, 0.29) is 17.6 Å². The average Bonchev–Trinajstić information content (AvgIpc) is 2.30. The van der Waals surface area contributed by atoms with Gasteiger partial charge in [0.25, 0.3) is 0 Å². The van der Waals surface area contributed by atoms with Crippen LogP contribution in [0.25, 0.3) is 0 Å². The predicted molar refractivity (Wildman–Crippen MR) is 71.2 cm³/mol. The standard InChI is InChI=1S/C14H29NO2/c1-5-14(6-2,11-16)10-15-12-7-8-17-13(3,4)9-12/h12,15-16H,5-11H2,1-4H3. The molecule has 0 aromatic heterocycles. The fourth-order valence-corrected chi connectivity index (χ4v) is 2.55. The molecule has 1 aliphatic heterocycles. The van der Waals surface area contributed by atoms with Crippen LogP contribution in [-0.2, 0) is 4.74 Å². The first-order chi connectivity index (χ1) is 7.97. The molecule has 3 nitrogen and oxygen atoms in total. The molecule has 102 valence electrons. The molecule has 0 saturated carbocycles. The third kappa shape index (κ3) is 4.23. The molecule has 0 spiro atoms. The molecular weight excluding hydrogens is 214 g/mol. The first kappa shape index (κ1) is 14.9. The van der Waals surface area contributed by atoms with Gasteiger partial charge in [0, 0.05) is 31.2 Å². The molecule has 1 saturated heterocycles. The molecule has 1 fully saturated rings. The van der Waals surface area contributed by atoms with Crippen molar-refractivity contribution in [3.05, 3.63) is 0 Å². The summed E-state index contributed by atoms with van der Waals surface area (Å²) in [5, 5.41) is 13.2. The Morgan fingerprint density at radius 1 is 1.35 bits per heavy atom. The Hall–Kier alpha value is -0.120. The van der Waals surface area contributed by atoms with E-state index >= 15 is 0 Å². The van der Waals surface area contributed by atoms with Crippen molar-refractivity contribution >= 4 is 0 Å². The first-order valence-electron chi connectivity index (χ1n) is 6.95. The van der Waals surface area contributed by atoms with Crippen LogP contribution in [0.4, 0.5) is 0 Å². The van der Waals surface area contributed by atoms with Crippen LogP contribution in [0.1, 0.15) is 53.4 Å². The SMILES string of the molecule is CCC(CC)(CO)CNC1CCOC(C)(C)C1. The van der Waals surface area contributed by atoms with E-state index < -0.39 is 0 Å². The maximum Gasteiger partial charge on any atom is 0.0641 e. The Morgan fingerprint density at radius 2 is 2.00 bits per heavy atom. The highest BCUT2D eigenvalue weighted by atomic mass is 16.5. The second-order valence-electron chi connectivity index (χ2n) is 6.04. The Morgan fingerprint density at radius 3 is 2.47 bits per heavy atom. The molecule has 2 N–H and O–H groups in total. The normalized spacial score (nSPS) is 24.9. The fraction of sp³-hybridized carbons (Fsp3) is 1.00. The highest BCUT2D eigenvalue weighted by molar-refractivity contribution is 4.86. The van der Waals surface area contributed by atoms with Crippen molar-refractivity contribution in [2.75, 3.05) is 19.8 Å². The lowest BCUT2D eigenvalue weighted by molar-refractivity contribution is -0.0645. The topological polar surface area (TPSA) is 41.5 Å². The molecule has 1 atom stereocenters. The smallest absolute Gasteiger partial charge is 0.0641 e. The van der Waals surface area contributed by atoms with E-state index in [4.69, 9.17) is 4.74 Å². The van der Waals surface area contributed by atoms with Crippen LogP contribution in [0.15, 0.2) is 0 Å². The average molecular weight is 243 g/mol. The number of ether oxygens (including phenoxy) is 1. The van der Waals surface area contributed by atoms with Gasteiger partial charge in [0.1, 0.15) is 0 Å². The van der Waals surface area contributed by atoms with Gasteiger partial charge in [-0.2, -0.15) is 0 Å². The van der Waals surface area contributed by atoms with Crippen molar-refractivity contribution in [2.24, 2.45) is 5.41 Å². The molecule has 17 heavy (non-hydrogen) atoms. The number of hydrogen-bond acceptors (Lipinski definition) is 3. The summed E-state index contributed by atoms with van der Waals surface area (Å²) in [5.74, 6) is 0. The Labute approximate surface area is 106 Å². The molecule has 3 heteroatoms. The molecular formula is C14H29NO2. The lowest BCUT2D eigenvalue weighted by Gasteiger charge is -2.38. The summed E-state index contributed by atoms with van der Waals surface area (Å²) in [6, 6.07) is 0.530. The second kappa shape index (κ2) is 6.17. The van der Waals surface area contributed by atoms with Gasteiger partial charge in [0.05, 0.1) is 5.60 Å². The molecule has 1 unspecified atom stereocenters. The molecule has 0 bridgehead atoms. The number of rotatable bonds is 6. The van der Waals surface area contributed by atoms with Crippen molar-refractivity contribution in [2.45, 2.75) is 65.0 Å². The molecule has 1 aliphatic rings. The van der Waals surface area contributed by atoms with Crippen LogP contribution >= 0.6 is 0 Å². The van der Waals surface area contributed by atoms with Gasteiger partial charge in [0.2, 0.25) is 0 Å². The summed E-state index contributed by atoms with van der Waals surface area (Å²) in [5.41, 5.74) is 0.0542. The van der Waals surface area contributed by atoms with Gasteiger partial charge in [-0.3, -0.25) is 0 Å². The summed E-state index contributed by atoms with van der Waals surface area (Å²) in [6.07, 6.45) is 4.19. The van der Waals surface area contributed by atoms with E-state index in [1.54, 1.807) is 0 Å². The zero-order valence-electron chi connectivity index (χ0n) is 11.9.